The highest BCUT2D eigenvalue weighted by Gasteiger charge is 2.22. The Morgan fingerprint density at radius 3 is 2.88 bits per heavy atom. The van der Waals surface area contributed by atoms with Crippen molar-refractivity contribution in [3.63, 3.8) is 0 Å². The molecule has 2 N–H and O–H groups in total. The molecule has 1 aromatic rings. The summed E-state index contributed by atoms with van der Waals surface area (Å²) >= 11 is 0. The van der Waals surface area contributed by atoms with Gasteiger partial charge < -0.3 is 10.6 Å². The van der Waals surface area contributed by atoms with Crippen molar-refractivity contribution in [3.05, 3.63) is 23.5 Å². The third-order valence-electron chi connectivity index (χ3n) is 3.04. The van der Waals surface area contributed by atoms with Crippen LogP contribution in [0.15, 0.2) is 17.8 Å². The number of aromatic nitrogens is 2. The van der Waals surface area contributed by atoms with Crippen LogP contribution in [0.4, 0.5) is 5.69 Å². The average Bonchev–Trinajstić information content (AvgIpc) is 2.71. The van der Waals surface area contributed by atoms with Crippen molar-refractivity contribution in [1.82, 2.24) is 14.7 Å². The molecule has 0 aliphatic carbocycles. The molecule has 0 saturated carbocycles. The lowest BCUT2D eigenvalue weighted by molar-refractivity contribution is 0.0763. The molecule has 5 nitrogen and oxygen atoms in total. The zero-order valence-electron chi connectivity index (χ0n) is 10.3. The molecule has 0 spiro atoms. The number of carbonyl (C=O) groups is 1. The molecule has 92 valence electrons. The zero-order valence-corrected chi connectivity index (χ0v) is 10.3. The lowest BCUT2D eigenvalue weighted by Gasteiger charge is -2.24. The Kier molecular flexibility index (Phi) is 3.17. The van der Waals surface area contributed by atoms with Crippen LogP contribution in [0.2, 0.25) is 0 Å². The molecular weight excluding hydrogens is 216 g/mol. The van der Waals surface area contributed by atoms with E-state index in [0.29, 0.717) is 17.9 Å². The number of nitrogen functional groups attached to an aromatic ring is 1. The highest BCUT2D eigenvalue weighted by Crippen LogP contribution is 2.16. The van der Waals surface area contributed by atoms with Crippen LogP contribution in [0.5, 0.6) is 0 Å². The molecule has 0 fully saturated rings. The number of carbonyl (C=O) groups excluding carboxylic acids is 1. The van der Waals surface area contributed by atoms with Crippen LogP contribution in [-0.2, 0) is 6.54 Å². The summed E-state index contributed by atoms with van der Waals surface area (Å²) in [4.78, 5) is 14.0. The van der Waals surface area contributed by atoms with E-state index >= 15 is 0 Å². The number of rotatable bonds is 2. The fraction of sp³-hybridized carbons (Fsp3) is 0.500. The van der Waals surface area contributed by atoms with Gasteiger partial charge in [-0.05, 0) is 20.3 Å². The highest BCUT2D eigenvalue weighted by atomic mass is 16.2. The molecule has 2 rings (SSSR count). The quantitative estimate of drug-likeness (QED) is 0.784. The molecule has 2 heterocycles. The van der Waals surface area contributed by atoms with E-state index in [0.717, 1.165) is 19.5 Å². The Hall–Kier alpha value is -1.78. The summed E-state index contributed by atoms with van der Waals surface area (Å²) in [5, 5.41) is 4.20. The zero-order chi connectivity index (χ0) is 12.4. The Balaban J connectivity index is 2.17. The van der Waals surface area contributed by atoms with Crippen LogP contribution in [0, 0.1) is 0 Å². The lowest BCUT2D eigenvalue weighted by Crippen LogP contribution is -2.35. The molecule has 1 aromatic heterocycles. The Labute approximate surface area is 101 Å². The van der Waals surface area contributed by atoms with Crippen molar-refractivity contribution in [2.45, 2.75) is 26.8 Å². The molecule has 0 unspecified atom stereocenters. The van der Waals surface area contributed by atoms with Crippen LogP contribution in [0.3, 0.4) is 0 Å². The van der Waals surface area contributed by atoms with Crippen molar-refractivity contribution in [2.75, 3.05) is 18.8 Å². The fourth-order valence-corrected chi connectivity index (χ4v) is 1.87. The normalized spacial score (nSPS) is 15.9. The Morgan fingerprint density at radius 1 is 1.59 bits per heavy atom. The first-order chi connectivity index (χ1) is 8.11. The number of amides is 1. The van der Waals surface area contributed by atoms with Crippen LogP contribution < -0.4 is 5.73 Å². The molecule has 1 aliphatic rings. The predicted octanol–water partition coefficient (Wildman–Crippen LogP) is 1.28. The number of aryl methyl sites for hydroxylation is 1. The largest absolute Gasteiger partial charge is 0.396 e. The number of hydrogen-bond donors (Lipinski definition) is 1. The van der Waals surface area contributed by atoms with Crippen molar-refractivity contribution in [3.8, 4) is 0 Å². The Bertz CT molecular complexity index is 461. The molecule has 0 radical (unpaired) electrons. The van der Waals surface area contributed by atoms with Gasteiger partial charge in [-0.15, -0.1) is 0 Å². The second-order valence-electron chi connectivity index (χ2n) is 4.34. The minimum absolute atomic E-state index is 0.0709. The monoisotopic (exact) mass is 234 g/mol. The summed E-state index contributed by atoms with van der Waals surface area (Å²) < 4.78 is 1.69. The molecule has 0 aromatic carbocycles. The van der Waals surface area contributed by atoms with Crippen LogP contribution in [0.25, 0.3) is 0 Å². The van der Waals surface area contributed by atoms with E-state index < -0.39 is 0 Å². The van der Waals surface area contributed by atoms with Gasteiger partial charge in [0.05, 0.1) is 5.69 Å². The maximum absolute atomic E-state index is 12.2. The van der Waals surface area contributed by atoms with Gasteiger partial charge in [-0.1, -0.05) is 11.6 Å². The second-order valence-corrected chi connectivity index (χ2v) is 4.34. The first kappa shape index (κ1) is 11.7. The summed E-state index contributed by atoms with van der Waals surface area (Å²) in [6.45, 7) is 6.18. The van der Waals surface area contributed by atoms with Crippen molar-refractivity contribution >= 4 is 11.6 Å². The minimum Gasteiger partial charge on any atom is -0.396 e. The molecule has 1 aliphatic heterocycles. The van der Waals surface area contributed by atoms with Crippen molar-refractivity contribution in [2.24, 2.45) is 0 Å². The van der Waals surface area contributed by atoms with E-state index in [-0.39, 0.29) is 5.91 Å². The minimum atomic E-state index is -0.0709. The Morgan fingerprint density at radius 2 is 2.35 bits per heavy atom. The fourth-order valence-electron chi connectivity index (χ4n) is 1.87. The predicted molar refractivity (Wildman–Crippen MR) is 66.6 cm³/mol. The number of hydrogen-bond acceptors (Lipinski definition) is 3. The van der Waals surface area contributed by atoms with Crippen LogP contribution in [-0.4, -0.2) is 33.7 Å². The molecular formula is C12H18N4O. The van der Waals surface area contributed by atoms with Gasteiger partial charge in [-0.2, -0.15) is 5.10 Å². The van der Waals surface area contributed by atoms with Gasteiger partial charge in [-0.25, -0.2) is 0 Å². The smallest absolute Gasteiger partial charge is 0.276 e. The van der Waals surface area contributed by atoms with Crippen LogP contribution in [0.1, 0.15) is 30.8 Å². The van der Waals surface area contributed by atoms with Crippen molar-refractivity contribution < 1.29 is 4.79 Å². The summed E-state index contributed by atoms with van der Waals surface area (Å²) in [5.41, 5.74) is 7.98. The first-order valence-electron chi connectivity index (χ1n) is 5.89. The van der Waals surface area contributed by atoms with Gasteiger partial charge in [0.2, 0.25) is 0 Å². The summed E-state index contributed by atoms with van der Waals surface area (Å²) in [6.07, 6.45) is 4.72. The van der Waals surface area contributed by atoms with E-state index in [1.54, 1.807) is 15.8 Å². The van der Waals surface area contributed by atoms with Gasteiger partial charge in [0.25, 0.3) is 5.91 Å². The average molecular weight is 234 g/mol. The van der Waals surface area contributed by atoms with Gasteiger partial charge >= 0.3 is 0 Å². The third-order valence-corrected chi connectivity index (χ3v) is 3.04. The summed E-state index contributed by atoms with van der Waals surface area (Å²) in [5.74, 6) is -0.0709. The molecule has 5 heteroatoms. The molecule has 0 saturated heterocycles. The topological polar surface area (TPSA) is 64.2 Å². The van der Waals surface area contributed by atoms with Gasteiger partial charge in [0, 0.05) is 25.8 Å². The van der Waals surface area contributed by atoms with E-state index in [1.165, 1.54) is 5.57 Å². The van der Waals surface area contributed by atoms with E-state index in [1.807, 2.05) is 6.92 Å². The molecule has 0 bridgehead atoms. The molecule has 1 amide bonds. The molecule has 0 atom stereocenters. The van der Waals surface area contributed by atoms with E-state index in [9.17, 15) is 4.79 Å². The van der Waals surface area contributed by atoms with Gasteiger partial charge in [0.1, 0.15) is 0 Å². The van der Waals surface area contributed by atoms with E-state index in [2.05, 4.69) is 18.1 Å². The number of nitrogens with zero attached hydrogens (tertiary/aromatic N) is 3. The maximum Gasteiger partial charge on any atom is 0.276 e. The second kappa shape index (κ2) is 4.61. The van der Waals surface area contributed by atoms with E-state index in [4.69, 9.17) is 5.73 Å². The first-order valence-corrected chi connectivity index (χ1v) is 5.89. The van der Waals surface area contributed by atoms with Gasteiger partial charge in [-0.3, -0.25) is 9.48 Å². The third kappa shape index (κ3) is 2.33. The lowest BCUT2D eigenvalue weighted by atomic mass is 10.1. The number of nitrogens with two attached hydrogens (primary N) is 1. The standard InChI is InChI=1S/C12H18N4O/c1-3-16-8-10(13)11(14-16)12(17)15-6-4-9(2)5-7-15/h4,8H,3,5-7,13H2,1-2H3. The van der Waals surface area contributed by atoms with Gasteiger partial charge in [0.15, 0.2) is 5.69 Å². The summed E-state index contributed by atoms with van der Waals surface area (Å²) in [6, 6.07) is 0. The van der Waals surface area contributed by atoms with Crippen molar-refractivity contribution in [1.29, 1.82) is 0 Å². The molecule has 17 heavy (non-hydrogen) atoms. The summed E-state index contributed by atoms with van der Waals surface area (Å²) in [7, 11) is 0. The SMILES string of the molecule is CCn1cc(N)c(C(=O)N2CC=C(C)CC2)n1. The van der Waals surface area contributed by atoms with Crippen LogP contribution >= 0.6 is 0 Å². The highest BCUT2D eigenvalue weighted by molar-refractivity contribution is 5.97. The maximum atomic E-state index is 12.2. The number of anilines is 1.